The molecule has 1 amide bonds. The number of hydrogen-bond acceptors (Lipinski definition) is 3. The van der Waals surface area contributed by atoms with Crippen molar-refractivity contribution in [3.05, 3.63) is 47.4 Å². The van der Waals surface area contributed by atoms with E-state index in [2.05, 4.69) is 4.98 Å². The van der Waals surface area contributed by atoms with E-state index in [9.17, 15) is 4.79 Å². The summed E-state index contributed by atoms with van der Waals surface area (Å²) in [5.74, 6) is 0.709. The third-order valence-corrected chi connectivity index (χ3v) is 3.32. The summed E-state index contributed by atoms with van der Waals surface area (Å²) in [4.78, 5) is 18.2. The highest BCUT2D eigenvalue weighted by Gasteiger charge is 2.19. The Morgan fingerprint density at radius 3 is 2.75 bits per heavy atom. The van der Waals surface area contributed by atoms with Crippen LogP contribution in [-0.2, 0) is 0 Å². The van der Waals surface area contributed by atoms with E-state index in [1.54, 1.807) is 13.2 Å². The zero-order chi connectivity index (χ0) is 14.7. The van der Waals surface area contributed by atoms with E-state index in [4.69, 9.17) is 5.11 Å². The topological polar surface area (TPSA) is 58.4 Å². The fourth-order valence-electron chi connectivity index (χ4n) is 2.28. The average molecular weight is 273 g/mol. The van der Waals surface area contributed by atoms with Gasteiger partial charge in [0.2, 0.25) is 0 Å². The van der Waals surface area contributed by atoms with Crippen LogP contribution in [0.2, 0.25) is 0 Å². The molecule has 0 fully saturated rings. The van der Waals surface area contributed by atoms with E-state index in [0.717, 1.165) is 17.2 Å². The summed E-state index contributed by atoms with van der Waals surface area (Å²) >= 11 is 0. The first-order valence-corrected chi connectivity index (χ1v) is 6.53. The number of aliphatic hydroxyl groups excluding tert-OH is 1. The SMILES string of the molecule is Cc1cc(C(=O)N(C)CCO)c(C)n1-c1ccccn1. The molecule has 5 heteroatoms. The van der Waals surface area contributed by atoms with Crippen molar-refractivity contribution in [2.45, 2.75) is 13.8 Å². The lowest BCUT2D eigenvalue weighted by molar-refractivity contribution is 0.0766. The second-order valence-corrected chi connectivity index (χ2v) is 4.76. The first kappa shape index (κ1) is 14.3. The normalized spacial score (nSPS) is 10.6. The van der Waals surface area contributed by atoms with E-state index >= 15 is 0 Å². The van der Waals surface area contributed by atoms with Crippen LogP contribution in [0.5, 0.6) is 0 Å². The number of pyridine rings is 1. The highest BCUT2D eigenvalue weighted by atomic mass is 16.3. The van der Waals surface area contributed by atoms with Gasteiger partial charge in [0.15, 0.2) is 0 Å². The minimum absolute atomic E-state index is 0.0405. The van der Waals surface area contributed by atoms with Gasteiger partial charge in [0.05, 0.1) is 12.2 Å². The van der Waals surface area contributed by atoms with Crippen LogP contribution in [0, 0.1) is 13.8 Å². The summed E-state index contributed by atoms with van der Waals surface area (Å²) in [6.07, 6.45) is 1.73. The van der Waals surface area contributed by atoms with Gasteiger partial charge in [0.25, 0.3) is 5.91 Å². The number of carbonyl (C=O) groups excluding carboxylic acids is 1. The number of aryl methyl sites for hydroxylation is 1. The van der Waals surface area contributed by atoms with E-state index in [0.29, 0.717) is 12.1 Å². The Labute approximate surface area is 118 Å². The van der Waals surface area contributed by atoms with Crippen molar-refractivity contribution >= 4 is 5.91 Å². The van der Waals surface area contributed by atoms with Crippen LogP contribution in [-0.4, -0.2) is 45.7 Å². The molecule has 0 aliphatic heterocycles. The molecule has 0 bridgehead atoms. The van der Waals surface area contributed by atoms with Crippen molar-refractivity contribution in [3.63, 3.8) is 0 Å². The van der Waals surface area contributed by atoms with E-state index in [1.165, 1.54) is 4.90 Å². The molecule has 0 radical (unpaired) electrons. The zero-order valence-electron chi connectivity index (χ0n) is 12.0. The molecular formula is C15H19N3O2. The van der Waals surface area contributed by atoms with Crippen molar-refractivity contribution in [2.24, 2.45) is 0 Å². The van der Waals surface area contributed by atoms with Gasteiger partial charge < -0.3 is 14.6 Å². The highest BCUT2D eigenvalue weighted by molar-refractivity contribution is 5.95. The third-order valence-electron chi connectivity index (χ3n) is 3.32. The molecule has 106 valence electrons. The predicted octanol–water partition coefficient (Wildman–Crippen LogP) is 1.55. The summed E-state index contributed by atoms with van der Waals surface area (Å²) in [7, 11) is 1.69. The van der Waals surface area contributed by atoms with Crippen LogP contribution in [0.15, 0.2) is 30.5 Å². The molecule has 0 aliphatic carbocycles. The molecule has 0 aromatic carbocycles. The molecule has 0 unspecified atom stereocenters. The first-order valence-electron chi connectivity index (χ1n) is 6.53. The molecule has 0 spiro atoms. The van der Waals surface area contributed by atoms with Gasteiger partial charge in [-0.3, -0.25) is 4.79 Å². The van der Waals surface area contributed by atoms with Crippen molar-refractivity contribution in [3.8, 4) is 5.82 Å². The standard InChI is InChI=1S/C15H19N3O2/c1-11-10-13(15(20)17(3)8-9-19)12(2)18(11)14-6-4-5-7-16-14/h4-7,10,19H,8-9H2,1-3H3. The van der Waals surface area contributed by atoms with Gasteiger partial charge in [-0.05, 0) is 32.0 Å². The van der Waals surface area contributed by atoms with Crippen LogP contribution in [0.4, 0.5) is 0 Å². The molecule has 2 aromatic heterocycles. The van der Waals surface area contributed by atoms with Crippen LogP contribution >= 0.6 is 0 Å². The number of rotatable bonds is 4. The molecule has 2 rings (SSSR count). The van der Waals surface area contributed by atoms with Gasteiger partial charge in [-0.2, -0.15) is 0 Å². The summed E-state index contributed by atoms with van der Waals surface area (Å²) in [5, 5.41) is 8.93. The minimum atomic E-state index is -0.0886. The Bertz CT molecular complexity index is 605. The first-order chi connectivity index (χ1) is 9.56. The molecule has 0 atom stereocenters. The summed E-state index contributed by atoms with van der Waals surface area (Å²) < 4.78 is 1.96. The quantitative estimate of drug-likeness (QED) is 0.919. The van der Waals surface area contributed by atoms with Gasteiger partial charge in [-0.25, -0.2) is 4.98 Å². The predicted molar refractivity (Wildman–Crippen MR) is 77.1 cm³/mol. The van der Waals surface area contributed by atoms with Gasteiger partial charge in [-0.1, -0.05) is 6.07 Å². The third kappa shape index (κ3) is 2.58. The lowest BCUT2D eigenvalue weighted by Crippen LogP contribution is -2.29. The van der Waals surface area contributed by atoms with Crippen LogP contribution in [0.3, 0.4) is 0 Å². The molecule has 0 saturated carbocycles. The van der Waals surface area contributed by atoms with E-state index in [-0.39, 0.29) is 12.5 Å². The van der Waals surface area contributed by atoms with Crippen molar-refractivity contribution in [2.75, 3.05) is 20.2 Å². The molecule has 5 nitrogen and oxygen atoms in total. The lowest BCUT2D eigenvalue weighted by Gasteiger charge is -2.15. The Morgan fingerprint density at radius 1 is 1.40 bits per heavy atom. The van der Waals surface area contributed by atoms with Gasteiger partial charge in [0, 0.05) is 31.2 Å². The maximum absolute atomic E-state index is 12.3. The fourth-order valence-corrected chi connectivity index (χ4v) is 2.28. The maximum Gasteiger partial charge on any atom is 0.255 e. The molecule has 0 aliphatic rings. The number of carbonyl (C=O) groups is 1. The van der Waals surface area contributed by atoms with Crippen molar-refractivity contribution in [1.82, 2.24) is 14.5 Å². The molecule has 0 saturated heterocycles. The second kappa shape index (κ2) is 5.88. The molecule has 2 aromatic rings. The number of aromatic nitrogens is 2. The summed E-state index contributed by atoms with van der Waals surface area (Å²) in [6, 6.07) is 7.55. The number of hydrogen-bond donors (Lipinski definition) is 1. The van der Waals surface area contributed by atoms with Crippen LogP contribution in [0.25, 0.3) is 5.82 Å². The van der Waals surface area contributed by atoms with E-state index in [1.807, 2.05) is 42.7 Å². The fraction of sp³-hybridized carbons (Fsp3) is 0.333. The molecule has 2 heterocycles. The largest absolute Gasteiger partial charge is 0.395 e. The minimum Gasteiger partial charge on any atom is -0.395 e. The Balaban J connectivity index is 2.42. The summed E-state index contributed by atoms with van der Waals surface area (Å²) in [6.45, 7) is 4.14. The monoisotopic (exact) mass is 273 g/mol. The Hall–Kier alpha value is -2.14. The molecule has 20 heavy (non-hydrogen) atoms. The Kier molecular flexibility index (Phi) is 4.20. The zero-order valence-corrected chi connectivity index (χ0v) is 12.0. The van der Waals surface area contributed by atoms with Gasteiger partial charge in [-0.15, -0.1) is 0 Å². The van der Waals surface area contributed by atoms with Crippen LogP contribution < -0.4 is 0 Å². The molecule has 1 N–H and O–H groups in total. The van der Waals surface area contributed by atoms with Gasteiger partial charge >= 0.3 is 0 Å². The number of nitrogens with zero attached hydrogens (tertiary/aromatic N) is 3. The van der Waals surface area contributed by atoms with Crippen molar-refractivity contribution < 1.29 is 9.90 Å². The smallest absolute Gasteiger partial charge is 0.255 e. The number of aliphatic hydroxyl groups is 1. The Morgan fingerprint density at radius 2 is 2.15 bits per heavy atom. The van der Waals surface area contributed by atoms with Gasteiger partial charge in [0.1, 0.15) is 5.82 Å². The van der Waals surface area contributed by atoms with Crippen LogP contribution in [0.1, 0.15) is 21.7 Å². The number of likely N-dealkylation sites (N-methyl/N-ethyl adjacent to an activating group) is 1. The highest BCUT2D eigenvalue weighted by Crippen LogP contribution is 2.20. The molecular weight excluding hydrogens is 254 g/mol. The lowest BCUT2D eigenvalue weighted by atomic mass is 10.2. The average Bonchev–Trinajstić information content (AvgIpc) is 2.74. The van der Waals surface area contributed by atoms with Crippen molar-refractivity contribution in [1.29, 1.82) is 0 Å². The number of amides is 1. The second-order valence-electron chi connectivity index (χ2n) is 4.76. The van der Waals surface area contributed by atoms with E-state index < -0.39 is 0 Å². The maximum atomic E-state index is 12.3. The summed E-state index contributed by atoms with van der Waals surface area (Å²) in [5.41, 5.74) is 2.46.